The molecule has 0 spiro atoms. The molecule has 8 heteroatoms. The molecule has 1 aliphatic rings. The van der Waals surface area contributed by atoms with Gasteiger partial charge in [0.2, 0.25) is 10.0 Å². The molecule has 104 valence electrons. The molecular formula is C11H16N4O3S. The minimum absolute atomic E-state index is 0.0108. The molecular weight excluding hydrogens is 268 g/mol. The van der Waals surface area contributed by atoms with Crippen molar-refractivity contribution in [3.63, 3.8) is 0 Å². The smallest absolute Gasteiger partial charge is 0.244 e. The highest BCUT2D eigenvalue weighted by molar-refractivity contribution is 7.89. The van der Waals surface area contributed by atoms with E-state index in [4.69, 9.17) is 10.9 Å². The number of pyridine rings is 1. The molecule has 1 fully saturated rings. The number of aromatic nitrogens is 1. The lowest BCUT2D eigenvalue weighted by Crippen LogP contribution is -2.36. The van der Waals surface area contributed by atoms with Crippen LogP contribution in [-0.4, -0.2) is 41.3 Å². The summed E-state index contributed by atoms with van der Waals surface area (Å²) in [7, 11) is -3.56. The predicted octanol–water partition coefficient (Wildman–Crippen LogP) is 0.371. The third kappa shape index (κ3) is 3.21. The average molecular weight is 284 g/mol. The van der Waals surface area contributed by atoms with Crippen LogP contribution in [0.3, 0.4) is 0 Å². The summed E-state index contributed by atoms with van der Waals surface area (Å²) in [4.78, 5) is 4.00. The standard InChI is InChI=1S/C11H16N4O3S/c12-11(14-16)5-7-15(9-3-4-9)19(17,18)10-2-1-6-13-8-10/h1-2,6,8-9,16H,3-5,7H2,(H2,12,14). The summed E-state index contributed by atoms with van der Waals surface area (Å²) in [5.41, 5.74) is 5.39. The lowest BCUT2D eigenvalue weighted by atomic mass is 10.4. The Labute approximate surface area is 111 Å². The Kier molecular flexibility index (Phi) is 4.01. The van der Waals surface area contributed by atoms with Crippen LogP contribution in [0.4, 0.5) is 0 Å². The second-order valence-electron chi connectivity index (χ2n) is 4.38. The monoisotopic (exact) mass is 284 g/mol. The first-order chi connectivity index (χ1) is 9.05. The molecule has 0 amide bonds. The van der Waals surface area contributed by atoms with Gasteiger partial charge in [-0.15, -0.1) is 0 Å². The highest BCUT2D eigenvalue weighted by Crippen LogP contribution is 2.31. The molecule has 3 N–H and O–H groups in total. The predicted molar refractivity (Wildman–Crippen MR) is 69.2 cm³/mol. The van der Waals surface area contributed by atoms with Crippen molar-refractivity contribution in [3.8, 4) is 0 Å². The van der Waals surface area contributed by atoms with Crippen LogP contribution >= 0.6 is 0 Å². The van der Waals surface area contributed by atoms with Gasteiger partial charge in [-0.1, -0.05) is 5.16 Å². The fourth-order valence-electron chi connectivity index (χ4n) is 1.77. The molecule has 0 aliphatic heterocycles. The Bertz CT molecular complexity index is 555. The minimum atomic E-state index is -3.56. The summed E-state index contributed by atoms with van der Waals surface area (Å²) in [6, 6.07) is 3.11. The number of hydrogen-bond donors (Lipinski definition) is 2. The molecule has 0 saturated heterocycles. The van der Waals surface area contributed by atoms with Crippen LogP contribution in [0, 0.1) is 0 Å². The highest BCUT2D eigenvalue weighted by Gasteiger charge is 2.37. The summed E-state index contributed by atoms with van der Waals surface area (Å²) in [5, 5.41) is 11.4. The Morgan fingerprint density at radius 2 is 2.32 bits per heavy atom. The van der Waals surface area contributed by atoms with Gasteiger partial charge in [0, 0.05) is 31.4 Å². The van der Waals surface area contributed by atoms with Crippen LogP contribution in [0.2, 0.25) is 0 Å². The van der Waals surface area contributed by atoms with Crippen molar-refractivity contribution < 1.29 is 13.6 Å². The molecule has 0 unspecified atom stereocenters. The SMILES string of the molecule is N/C(CCN(C1CC1)S(=O)(=O)c1cccnc1)=N/O. The second-order valence-corrected chi connectivity index (χ2v) is 6.27. The number of sulfonamides is 1. The molecule has 7 nitrogen and oxygen atoms in total. The van der Waals surface area contributed by atoms with Crippen LogP contribution < -0.4 is 5.73 Å². The molecule has 1 aliphatic carbocycles. The zero-order valence-electron chi connectivity index (χ0n) is 10.3. The lowest BCUT2D eigenvalue weighted by molar-refractivity contribution is 0.315. The van der Waals surface area contributed by atoms with Gasteiger partial charge in [-0.2, -0.15) is 4.31 Å². The highest BCUT2D eigenvalue weighted by atomic mass is 32.2. The van der Waals surface area contributed by atoms with Gasteiger partial charge >= 0.3 is 0 Å². The van der Waals surface area contributed by atoms with Gasteiger partial charge < -0.3 is 10.9 Å². The number of amidine groups is 1. The molecule has 1 aromatic rings. The van der Waals surface area contributed by atoms with Crippen molar-refractivity contribution in [2.75, 3.05) is 6.54 Å². The Morgan fingerprint density at radius 1 is 1.58 bits per heavy atom. The normalized spacial score (nSPS) is 16.8. The van der Waals surface area contributed by atoms with Crippen molar-refractivity contribution in [2.24, 2.45) is 10.9 Å². The molecule has 1 saturated carbocycles. The lowest BCUT2D eigenvalue weighted by Gasteiger charge is -2.21. The molecule has 0 aromatic carbocycles. The van der Waals surface area contributed by atoms with Crippen molar-refractivity contribution in [1.29, 1.82) is 0 Å². The Balaban J connectivity index is 2.19. The summed E-state index contributed by atoms with van der Waals surface area (Å²) in [6.45, 7) is 0.206. The summed E-state index contributed by atoms with van der Waals surface area (Å²) in [6.07, 6.45) is 4.74. The fraction of sp³-hybridized carbons (Fsp3) is 0.455. The zero-order chi connectivity index (χ0) is 13.9. The minimum Gasteiger partial charge on any atom is -0.409 e. The van der Waals surface area contributed by atoms with Gasteiger partial charge in [0.1, 0.15) is 10.7 Å². The third-order valence-corrected chi connectivity index (χ3v) is 4.85. The van der Waals surface area contributed by atoms with Gasteiger partial charge in [-0.05, 0) is 25.0 Å². The van der Waals surface area contributed by atoms with Crippen LogP contribution in [-0.2, 0) is 10.0 Å². The summed E-state index contributed by atoms with van der Waals surface area (Å²) >= 11 is 0. The summed E-state index contributed by atoms with van der Waals surface area (Å²) < 4.78 is 26.3. The average Bonchev–Trinajstić information content (AvgIpc) is 3.24. The first-order valence-electron chi connectivity index (χ1n) is 5.94. The van der Waals surface area contributed by atoms with Gasteiger partial charge in [-0.25, -0.2) is 8.42 Å². The number of oxime groups is 1. The van der Waals surface area contributed by atoms with E-state index in [2.05, 4.69) is 10.1 Å². The van der Waals surface area contributed by atoms with Gasteiger partial charge in [0.25, 0.3) is 0 Å². The van der Waals surface area contributed by atoms with Gasteiger partial charge in [0.05, 0.1) is 0 Å². The van der Waals surface area contributed by atoms with Crippen LogP contribution in [0.5, 0.6) is 0 Å². The van der Waals surface area contributed by atoms with E-state index in [1.807, 2.05) is 0 Å². The van der Waals surface area contributed by atoms with E-state index >= 15 is 0 Å². The largest absolute Gasteiger partial charge is 0.409 e. The molecule has 1 heterocycles. The topological polar surface area (TPSA) is 109 Å². The van der Waals surface area contributed by atoms with Crippen molar-refractivity contribution in [1.82, 2.24) is 9.29 Å². The summed E-state index contributed by atoms with van der Waals surface area (Å²) in [5.74, 6) is 0.0204. The maximum Gasteiger partial charge on any atom is 0.244 e. The van der Waals surface area contributed by atoms with E-state index < -0.39 is 10.0 Å². The number of hydrogen-bond acceptors (Lipinski definition) is 5. The first-order valence-corrected chi connectivity index (χ1v) is 7.38. The van der Waals surface area contributed by atoms with Crippen LogP contribution in [0.1, 0.15) is 19.3 Å². The third-order valence-electron chi connectivity index (χ3n) is 2.91. The maximum absolute atomic E-state index is 12.5. The molecule has 2 rings (SSSR count). The van der Waals surface area contributed by atoms with Crippen LogP contribution in [0.15, 0.2) is 34.6 Å². The Hall–Kier alpha value is -1.67. The number of rotatable bonds is 6. The van der Waals surface area contributed by atoms with Crippen molar-refractivity contribution >= 4 is 15.9 Å². The van der Waals surface area contributed by atoms with Gasteiger partial charge in [0.15, 0.2) is 0 Å². The van der Waals surface area contributed by atoms with E-state index in [-0.39, 0.29) is 29.7 Å². The van der Waals surface area contributed by atoms with Crippen molar-refractivity contribution in [3.05, 3.63) is 24.5 Å². The zero-order valence-corrected chi connectivity index (χ0v) is 11.1. The molecule has 19 heavy (non-hydrogen) atoms. The number of nitrogens with zero attached hydrogens (tertiary/aromatic N) is 3. The molecule has 0 radical (unpaired) electrons. The molecule has 0 bridgehead atoms. The quantitative estimate of drug-likeness (QED) is 0.339. The number of nitrogens with two attached hydrogens (primary N) is 1. The van der Waals surface area contributed by atoms with Crippen molar-refractivity contribution in [2.45, 2.75) is 30.2 Å². The Morgan fingerprint density at radius 3 is 2.84 bits per heavy atom. The first kappa shape index (κ1) is 13.8. The van der Waals surface area contributed by atoms with E-state index in [0.717, 1.165) is 12.8 Å². The van der Waals surface area contributed by atoms with E-state index in [1.54, 1.807) is 6.07 Å². The van der Waals surface area contributed by atoms with E-state index in [9.17, 15) is 8.42 Å². The van der Waals surface area contributed by atoms with E-state index in [1.165, 1.54) is 22.8 Å². The molecule has 0 atom stereocenters. The molecule has 1 aromatic heterocycles. The van der Waals surface area contributed by atoms with Crippen LogP contribution in [0.25, 0.3) is 0 Å². The second kappa shape index (κ2) is 5.54. The van der Waals surface area contributed by atoms with Gasteiger partial charge in [-0.3, -0.25) is 4.98 Å². The maximum atomic E-state index is 12.5. The fourth-order valence-corrected chi connectivity index (χ4v) is 3.42. The van der Waals surface area contributed by atoms with E-state index in [0.29, 0.717) is 0 Å².